The predicted octanol–water partition coefficient (Wildman–Crippen LogP) is 6.09. The lowest BCUT2D eigenvalue weighted by Crippen LogP contribution is -2.43. The van der Waals surface area contributed by atoms with Crippen molar-refractivity contribution in [3.05, 3.63) is 0 Å². The molecular formula is C19H38O2. The first-order valence-corrected chi connectivity index (χ1v) is 9.57. The van der Waals surface area contributed by atoms with Crippen LogP contribution in [0.2, 0.25) is 0 Å². The third kappa shape index (κ3) is 6.69. The van der Waals surface area contributed by atoms with Crippen LogP contribution in [0.25, 0.3) is 0 Å². The summed E-state index contributed by atoms with van der Waals surface area (Å²) in [6.45, 7) is 8.03. The van der Waals surface area contributed by atoms with Gasteiger partial charge in [0.25, 0.3) is 0 Å². The molecule has 0 N–H and O–H groups in total. The van der Waals surface area contributed by atoms with Gasteiger partial charge in [-0.25, -0.2) is 0 Å². The van der Waals surface area contributed by atoms with Crippen molar-refractivity contribution in [3.63, 3.8) is 0 Å². The summed E-state index contributed by atoms with van der Waals surface area (Å²) in [6.07, 6.45) is 15.9. The van der Waals surface area contributed by atoms with Gasteiger partial charge < -0.3 is 9.47 Å². The van der Waals surface area contributed by atoms with E-state index in [1.54, 1.807) is 0 Å². The normalized spacial score (nSPS) is 16.7. The second kappa shape index (κ2) is 11.5. The summed E-state index contributed by atoms with van der Waals surface area (Å²) in [7, 11) is 0. The van der Waals surface area contributed by atoms with E-state index >= 15 is 0 Å². The smallest absolute Gasteiger partial charge is 0.171 e. The first-order valence-electron chi connectivity index (χ1n) is 9.57. The van der Waals surface area contributed by atoms with Gasteiger partial charge in [-0.2, -0.15) is 0 Å². The van der Waals surface area contributed by atoms with Crippen molar-refractivity contribution in [2.75, 3.05) is 13.2 Å². The zero-order chi connectivity index (χ0) is 15.4. The fourth-order valence-corrected chi connectivity index (χ4v) is 3.81. The van der Waals surface area contributed by atoms with Crippen LogP contribution in [0.1, 0.15) is 97.8 Å². The van der Waals surface area contributed by atoms with E-state index in [-0.39, 0.29) is 5.79 Å². The summed E-state index contributed by atoms with van der Waals surface area (Å²) >= 11 is 0. The molecule has 0 radical (unpaired) electrons. The lowest BCUT2D eigenvalue weighted by molar-refractivity contribution is -0.267. The van der Waals surface area contributed by atoms with E-state index in [1.807, 2.05) is 0 Å². The highest BCUT2D eigenvalue weighted by Gasteiger charge is 2.41. The van der Waals surface area contributed by atoms with Crippen LogP contribution in [-0.4, -0.2) is 19.0 Å². The van der Waals surface area contributed by atoms with Gasteiger partial charge in [0.05, 0.1) is 0 Å². The Kier molecular flexibility index (Phi) is 10.4. The second-order valence-electron chi connectivity index (χ2n) is 6.53. The van der Waals surface area contributed by atoms with Crippen LogP contribution in [0.15, 0.2) is 0 Å². The highest BCUT2D eigenvalue weighted by Crippen LogP contribution is 2.40. The van der Waals surface area contributed by atoms with Crippen LogP contribution < -0.4 is 0 Å². The molecule has 1 aliphatic rings. The molecule has 1 aliphatic carbocycles. The van der Waals surface area contributed by atoms with Crippen molar-refractivity contribution < 1.29 is 9.47 Å². The Bertz CT molecular complexity index is 228. The van der Waals surface area contributed by atoms with Gasteiger partial charge in [-0.15, -0.1) is 0 Å². The molecule has 0 atom stereocenters. The molecule has 0 aromatic carbocycles. The van der Waals surface area contributed by atoms with Gasteiger partial charge in [0.2, 0.25) is 0 Å². The molecular weight excluding hydrogens is 260 g/mol. The average Bonchev–Trinajstić information content (AvgIpc) is 3.01. The average molecular weight is 299 g/mol. The standard InChI is InChI=1S/C19H38O2/c1-4-7-8-9-10-11-14-17-19(20-5-2,21-6-3)18-15-12-13-16-18/h18H,4-17H2,1-3H3. The molecule has 0 aromatic rings. The molecule has 126 valence electrons. The number of rotatable bonds is 13. The fourth-order valence-electron chi connectivity index (χ4n) is 3.81. The molecule has 2 nitrogen and oxygen atoms in total. The summed E-state index contributed by atoms with van der Waals surface area (Å²) < 4.78 is 12.4. The first kappa shape index (κ1) is 19.0. The van der Waals surface area contributed by atoms with E-state index in [0.29, 0.717) is 5.92 Å². The molecule has 0 spiro atoms. The number of ether oxygens (including phenoxy) is 2. The summed E-state index contributed by atoms with van der Waals surface area (Å²) in [5, 5.41) is 0. The zero-order valence-corrected chi connectivity index (χ0v) is 14.8. The van der Waals surface area contributed by atoms with Gasteiger partial charge in [-0.3, -0.25) is 0 Å². The Labute approximate surface area is 133 Å². The highest BCUT2D eigenvalue weighted by molar-refractivity contribution is 4.84. The highest BCUT2D eigenvalue weighted by atomic mass is 16.7. The quantitative estimate of drug-likeness (QED) is 0.303. The van der Waals surface area contributed by atoms with Crippen molar-refractivity contribution in [2.24, 2.45) is 5.92 Å². The van der Waals surface area contributed by atoms with E-state index in [0.717, 1.165) is 19.6 Å². The fraction of sp³-hybridized carbons (Fsp3) is 1.00. The summed E-state index contributed by atoms with van der Waals surface area (Å²) in [4.78, 5) is 0. The molecule has 1 rings (SSSR count). The number of hydrogen-bond donors (Lipinski definition) is 0. The first-order chi connectivity index (χ1) is 10.3. The number of hydrogen-bond acceptors (Lipinski definition) is 2. The maximum atomic E-state index is 6.18. The Morgan fingerprint density at radius 3 is 1.81 bits per heavy atom. The third-order valence-electron chi connectivity index (χ3n) is 4.88. The van der Waals surface area contributed by atoms with E-state index in [2.05, 4.69) is 20.8 Å². The van der Waals surface area contributed by atoms with Gasteiger partial charge in [-0.1, -0.05) is 58.3 Å². The summed E-state index contributed by atoms with van der Waals surface area (Å²) in [5.41, 5.74) is 0. The van der Waals surface area contributed by atoms with Gasteiger partial charge >= 0.3 is 0 Å². The molecule has 0 aromatic heterocycles. The molecule has 0 aliphatic heterocycles. The Morgan fingerprint density at radius 1 is 0.762 bits per heavy atom. The van der Waals surface area contributed by atoms with Gasteiger partial charge in [0.15, 0.2) is 5.79 Å². The van der Waals surface area contributed by atoms with Crippen LogP contribution in [0.3, 0.4) is 0 Å². The van der Waals surface area contributed by atoms with Crippen LogP contribution in [0.5, 0.6) is 0 Å². The molecule has 21 heavy (non-hydrogen) atoms. The van der Waals surface area contributed by atoms with Gasteiger partial charge in [0, 0.05) is 25.6 Å². The Balaban J connectivity index is 2.37. The predicted molar refractivity (Wildman–Crippen MR) is 90.6 cm³/mol. The Morgan fingerprint density at radius 2 is 1.29 bits per heavy atom. The van der Waals surface area contributed by atoms with E-state index < -0.39 is 0 Å². The maximum absolute atomic E-state index is 6.18. The summed E-state index contributed by atoms with van der Waals surface area (Å²) in [6, 6.07) is 0. The number of unbranched alkanes of at least 4 members (excludes halogenated alkanes) is 6. The zero-order valence-electron chi connectivity index (χ0n) is 14.8. The maximum Gasteiger partial charge on any atom is 0.171 e. The van der Waals surface area contributed by atoms with Crippen molar-refractivity contribution in [1.82, 2.24) is 0 Å². The van der Waals surface area contributed by atoms with Gasteiger partial charge in [0.1, 0.15) is 0 Å². The molecule has 0 amide bonds. The van der Waals surface area contributed by atoms with Crippen LogP contribution in [-0.2, 0) is 9.47 Å². The monoisotopic (exact) mass is 298 g/mol. The molecule has 1 saturated carbocycles. The molecule has 1 fully saturated rings. The minimum atomic E-state index is -0.274. The van der Waals surface area contributed by atoms with Crippen LogP contribution >= 0.6 is 0 Å². The molecule has 0 bridgehead atoms. The topological polar surface area (TPSA) is 18.5 Å². The lowest BCUT2D eigenvalue weighted by Gasteiger charge is -2.38. The van der Waals surface area contributed by atoms with Crippen molar-refractivity contribution >= 4 is 0 Å². The van der Waals surface area contributed by atoms with E-state index in [4.69, 9.17) is 9.47 Å². The van der Waals surface area contributed by atoms with Crippen molar-refractivity contribution in [2.45, 2.75) is 104 Å². The largest absolute Gasteiger partial charge is 0.350 e. The third-order valence-corrected chi connectivity index (χ3v) is 4.88. The van der Waals surface area contributed by atoms with E-state index in [1.165, 1.54) is 70.6 Å². The second-order valence-corrected chi connectivity index (χ2v) is 6.53. The minimum absolute atomic E-state index is 0.274. The Hall–Kier alpha value is -0.0800. The lowest BCUT2D eigenvalue weighted by atomic mass is 9.91. The molecule has 0 unspecified atom stereocenters. The van der Waals surface area contributed by atoms with Crippen molar-refractivity contribution in [1.29, 1.82) is 0 Å². The molecule has 2 heteroatoms. The SMILES string of the molecule is CCCCCCCCCC(OCC)(OCC)C1CCCC1. The van der Waals surface area contributed by atoms with E-state index in [9.17, 15) is 0 Å². The van der Waals surface area contributed by atoms with Crippen molar-refractivity contribution in [3.8, 4) is 0 Å². The van der Waals surface area contributed by atoms with Crippen LogP contribution in [0, 0.1) is 5.92 Å². The summed E-state index contributed by atoms with van der Waals surface area (Å²) in [5.74, 6) is 0.348. The molecule has 0 saturated heterocycles. The minimum Gasteiger partial charge on any atom is -0.350 e. The molecule has 0 heterocycles. The van der Waals surface area contributed by atoms with Crippen LogP contribution in [0.4, 0.5) is 0 Å². The van der Waals surface area contributed by atoms with Gasteiger partial charge in [-0.05, 0) is 33.1 Å².